The first-order valence-corrected chi connectivity index (χ1v) is 10.1. The van der Waals surface area contributed by atoms with Gasteiger partial charge in [0.2, 0.25) is 0 Å². The van der Waals surface area contributed by atoms with Crippen molar-refractivity contribution in [3.8, 4) is 17.6 Å². The maximum Gasteiger partial charge on any atom is 0.161 e. The molecule has 1 aromatic carbocycles. The highest BCUT2D eigenvalue weighted by atomic mass is 16.5. The molecule has 0 amide bonds. The number of allylic oxidation sites excluding steroid dienone is 3. The summed E-state index contributed by atoms with van der Waals surface area (Å²) in [5, 5.41) is 14.1. The second-order valence-electron chi connectivity index (χ2n) is 7.47. The number of hydrazine groups is 1. The van der Waals surface area contributed by atoms with Gasteiger partial charge in [-0.3, -0.25) is 9.80 Å². The number of ketones is 1. The van der Waals surface area contributed by atoms with Gasteiger partial charge in [0.15, 0.2) is 5.78 Å². The van der Waals surface area contributed by atoms with Crippen molar-refractivity contribution >= 4 is 5.78 Å². The summed E-state index contributed by atoms with van der Waals surface area (Å²) in [6, 6.07) is 7.70. The molecule has 8 nitrogen and oxygen atoms in total. The van der Waals surface area contributed by atoms with E-state index in [0.29, 0.717) is 66.8 Å². The van der Waals surface area contributed by atoms with Crippen molar-refractivity contribution < 1.29 is 19.0 Å². The summed E-state index contributed by atoms with van der Waals surface area (Å²) < 4.78 is 16.5. The number of ether oxygens (including phenoxy) is 3. The number of nitriles is 1. The molecule has 0 radical (unpaired) electrons. The fourth-order valence-corrected chi connectivity index (χ4v) is 4.52. The summed E-state index contributed by atoms with van der Waals surface area (Å²) in [7, 11) is 3.16. The van der Waals surface area contributed by atoms with Crippen LogP contribution < -0.4 is 15.2 Å². The molecule has 0 saturated carbocycles. The third-order valence-electron chi connectivity index (χ3n) is 5.90. The number of Topliss-reactive ketones (excluding diaryl/α,β-unsaturated/α-hetero) is 1. The molecule has 1 unspecified atom stereocenters. The number of benzene rings is 1. The van der Waals surface area contributed by atoms with E-state index in [1.165, 1.54) is 0 Å². The second-order valence-corrected chi connectivity index (χ2v) is 7.47. The molecule has 1 fully saturated rings. The number of hydrogen-bond acceptors (Lipinski definition) is 8. The van der Waals surface area contributed by atoms with Crippen LogP contribution in [0, 0.1) is 11.3 Å². The molecule has 1 atom stereocenters. The van der Waals surface area contributed by atoms with E-state index < -0.39 is 5.92 Å². The van der Waals surface area contributed by atoms with E-state index >= 15 is 0 Å². The first kappa shape index (κ1) is 20.3. The number of rotatable bonds is 4. The minimum atomic E-state index is -0.583. The lowest BCUT2D eigenvalue weighted by molar-refractivity contribution is -0.117. The number of carbonyl (C=O) groups excluding carboxylic acids is 1. The average molecular weight is 410 g/mol. The first-order valence-electron chi connectivity index (χ1n) is 10.1. The largest absolute Gasteiger partial charge is 0.497 e. The fourth-order valence-electron chi connectivity index (χ4n) is 4.52. The van der Waals surface area contributed by atoms with Gasteiger partial charge in [0.1, 0.15) is 17.3 Å². The van der Waals surface area contributed by atoms with Gasteiger partial charge in [-0.25, -0.2) is 5.01 Å². The van der Waals surface area contributed by atoms with Crippen LogP contribution in [0.25, 0.3) is 0 Å². The molecule has 1 aromatic rings. The minimum absolute atomic E-state index is 0.0460. The van der Waals surface area contributed by atoms with Gasteiger partial charge in [0, 0.05) is 36.3 Å². The molecule has 1 saturated heterocycles. The van der Waals surface area contributed by atoms with Gasteiger partial charge >= 0.3 is 0 Å². The monoisotopic (exact) mass is 410 g/mol. The number of carbonyl (C=O) groups is 1. The Bertz CT molecular complexity index is 956. The maximum atomic E-state index is 13.2. The lowest BCUT2D eigenvalue weighted by atomic mass is 9.75. The Hall–Kier alpha value is -3.02. The van der Waals surface area contributed by atoms with Crippen LogP contribution in [0.2, 0.25) is 0 Å². The molecule has 158 valence electrons. The zero-order valence-electron chi connectivity index (χ0n) is 17.3. The first-order chi connectivity index (χ1) is 14.6. The molecule has 0 spiro atoms. The molecule has 2 aliphatic heterocycles. The van der Waals surface area contributed by atoms with Crippen molar-refractivity contribution in [3.05, 3.63) is 46.4 Å². The lowest BCUT2D eigenvalue weighted by Gasteiger charge is -2.45. The van der Waals surface area contributed by atoms with Gasteiger partial charge < -0.3 is 19.9 Å². The van der Waals surface area contributed by atoms with Crippen LogP contribution in [0.4, 0.5) is 0 Å². The van der Waals surface area contributed by atoms with Crippen LogP contribution in [-0.4, -0.2) is 56.3 Å². The molecular formula is C22H26N4O4. The lowest BCUT2D eigenvalue weighted by Crippen LogP contribution is -2.52. The quantitative estimate of drug-likeness (QED) is 0.805. The maximum absolute atomic E-state index is 13.2. The summed E-state index contributed by atoms with van der Waals surface area (Å²) in [6.07, 6.45) is 1.94. The van der Waals surface area contributed by atoms with Crippen molar-refractivity contribution in [1.29, 1.82) is 5.26 Å². The third-order valence-corrected chi connectivity index (χ3v) is 5.90. The smallest absolute Gasteiger partial charge is 0.161 e. The Kier molecular flexibility index (Phi) is 5.66. The summed E-state index contributed by atoms with van der Waals surface area (Å²) in [6.45, 7) is 2.46. The molecule has 2 heterocycles. The molecule has 0 bridgehead atoms. The molecule has 3 aliphatic rings. The topological polar surface area (TPSA) is 101 Å². The summed E-state index contributed by atoms with van der Waals surface area (Å²) >= 11 is 0. The number of hydrogen-bond donors (Lipinski definition) is 1. The van der Waals surface area contributed by atoms with Crippen molar-refractivity contribution in [2.24, 2.45) is 5.73 Å². The summed E-state index contributed by atoms with van der Waals surface area (Å²) in [5.41, 5.74) is 9.15. The van der Waals surface area contributed by atoms with Gasteiger partial charge in [0.05, 0.1) is 45.0 Å². The van der Waals surface area contributed by atoms with E-state index in [1.54, 1.807) is 26.4 Å². The minimum Gasteiger partial charge on any atom is -0.497 e. The van der Waals surface area contributed by atoms with Gasteiger partial charge in [-0.2, -0.15) is 5.26 Å². The predicted molar refractivity (Wildman–Crippen MR) is 109 cm³/mol. The van der Waals surface area contributed by atoms with Crippen molar-refractivity contribution in [2.45, 2.75) is 25.2 Å². The molecule has 4 rings (SSSR count). The van der Waals surface area contributed by atoms with E-state index in [2.05, 4.69) is 11.1 Å². The van der Waals surface area contributed by atoms with Crippen LogP contribution in [0.3, 0.4) is 0 Å². The molecule has 30 heavy (non-hydrogen) atoms. The number of morpholine rings is 1. The highest BCUT2D eigenvalue weighted by Crippen LogP contribution is 2.48. The van der Waals surface area contributed by atoms with E-state index in [0.717, 1.165) is 18.5 Å². The van der Waals surface area contributed by atoms with Crippen LogP contribution in [-0.2, 0) is 9.53 Å². The van der Waals surface area contributed by atoms with Gasteiger partial charge in [0.25, 0.3) is 0 Å². The Morgan fingerprint density at radius 2 is 1.97 bits per heavy atom. The standard InChI is InChI=1S/C22H26N4O4/c1-28-14-6-7-19(29-2)15(12-14)20-16(13-23)22(24)26(25-8-10-30-11-9-25)17-4-3-5-18(27)21(17)20/h6-7,12,20H,3-5,8-11,24H2,1-2H3. The number of nitrogens with zero attached hydrogens (tertiary/aromatic N) is 3. The Labute approximate surface area is 176 Å². The van der Waals surface area contributed by atoms with Gasteiger partial charge in [-0.15, -0.1) is 0 Å². The van der Waals surface area contributed by atoms with Crippen molar-refractivity contribution in [2.75, 3.05) is 40.5 Å². The molecule has 2 N–H and O–H groups in total. The zero-order valence-corrected chi connectivity index (χ0v) is 17.3. The molecule has 1 aliphatic carbocycles. The summed E-state index contributed by atoms with van der Waals surface area (Å²) in [5.74, 6) is 1.04. The van der Waals surface area contributed by atoms with E-state index in [1.807, 2.05) is 11.1 Å². The van der Waals surface area contributed by atoms with Crippen LogP contribution in [0.1, 0.15) is 30.7 Å². The SMILES string of the molecule is COc1ccc(OC)c(C2C(C#N)=C(N)N(N3CCOCC3)C3=C2C(=O)CCC3)c1. The van der Waals surface area contributed by atoms with Crippen molar-refractivity contribution in [3.63, 3.8) is 0 Å². The second kappa shape index (κ2) is 8.38. The fraction of sp³-hybridized carbons (Fsp3) is 0.455. The number of nitrogens with two attached hydrogens (primary N) is 1. The van der Waals surface area contributed by atoms with Gasteiger partial charge in [-0.05, 0) is 31.0 Å². The van der Waals surface area contributed by atoms with E-state index in [4.69, 9.17) is 19.9 Å². The van der Waals surface area contributed by atoms with Crippen molar-refractivity contribution in [1.82, 2.24) is 10.0 Å². The van der Waals surface area contributed by atoms with E-state index in [-0.39, 0.29) is 5.78 Å². The Morgan fingerprint density at radius 1 is 1.20 bits per heavy atom. The van der Waals surface area contributed by atoms with Crippen LogP contribution in [0.15, 0.2) is 40.9 Å². The van der Waals surface area contributed by atoms with Crippen LogP contribution in [0.5, 0.6) is 11.5 Å². The average Bonchev–Trinajstić information content (AvgIpc) is 2.78. The van der Waals surface area contributed by atoms with Crippen LogP contribution >= 0.6 is 0 Å². The zero-order chi connectivity index (χ0) is 21.3. The Morgan fingerprint density at radius 3 is 2.63 bits per heavy atom. The molecule has 0 aromatic heterocycles. The Balaban J connectivity index is 1.93. The number of methoxy groups -OCH3 is 2. The highest BCUT2D eigenvalue weighted by molar-refractivity contribution is 6.00. The van der Waals surface area contributed by atoms with Gasteiger partial charge in [-0.1, -0.05) is 0 Å². The highest BCUT2D eigenvalue weighted by Gasteiger charge is 2.42. The van der Waals surface area contributed by atoms with E-state index in [9.17, 15) is 10.1 Å². The molecular weight excluding hydrogens is 384 g/mol. The predicted octanol–water partition coefficient (Wildman–Crippen LogP) is 2.05. The normalized spacial score (nSPS) is 22.6. The third kappa shape index (κ3) is 3.30. The molecule has 8 heteroatoms. The summed E-state index contributed by atoms with van der Waals surface area (Å²) in [4.78, 5) is 13.2.